The van der Waals surface area contributed by atoms with Gasteiger partial charge in [-0.3, -0.25) is 4.99 Å². The van der Waals surface area contributed by atoms with Crippen molar-refractivity contribution in [3.63, 3.8) is 0 Å². The van der Waals surface area contributed by atoms with Crippen molar-refractivity contribution in [2.45, 2.75) is 56.0 Å². The Morgan fingerprint density at radius 2 is 1.71 bits per heavy atom. The molecule has 2 aromatic carbocycles. The second-order valence-corrected chi connectivity index (χ2v) is 10.7. The fourth-order valence-corrected chi connectivity index (χ4v) is 5.27. The molecule has 1 aliphatic rings. The van der Waals surface area contributed by atoms with Crippen molar-refractivity contribution in [1.29, 1.82) is 0 Å². The number of benzene rings is 2. The minimum atomic E-state index is -3.66. The van der Waals surface area contributed by atoms with E-state index in [0.717, 1.165) is 18.4 Å². The van der Waals surface area contributed by atoms with Crippen LogP contribution in [0.5, 0.6) is 0 Å². The Hall–Kier alpha value is -2.45. The SMILES string of the molecule is CN=C(NCc1ccccc1S(=O)(=O)NC(C)(C)C)NCC1(c2ccccc2F)CC1. The van der Waals surface area contributed by atoms with Crippen LogP contribution in [-0.2, 0) is 22.0 Å². The van der Waals surface area contributed by atoms with E-state index in [0.29, 0.717) is 18.1 Å². The Kier molecular flexibility index (Phi) is 6.71. The Morgan fingerprint density at radius 3 is 2.32 bits per heavy atom. The molecule has 3 rings (SSSR count). The van der Waals surface area contributed by atoms with Crippen LogP contribution in [0.3, 0.4) is 0 Å². The number of guanidine groups is 1. The van der Waals surface area contributed by atoms with Gasteiger partial charge in [0.25, 0.3) is 0 Å². The third kappa shape index (κ3) is 5.83. The molecule has 168 valence electrons. The normalized spacial score (nSPS) is 16.1. The zero-order valence-corrected chi connectivity index (χ0v) is 19.3. The first-order valence-electron chi connectivity index (χ1n) is 10.4. The van der Waals surface area contributed by atoms with Crippen LogP contribution < -0.4 is 15.4 Å². The molecule has 0 amide bonds. The number of sulfonamides is 1. The molecule has 0 aliphatic heterocycles. The Bertz CT molecular complexity index is 1060. The molecule has 0 spiro atoms. The molecule has 31 heavy (non-hydrogen) atoms. The minimum absolute atomic E-state index is 0.185. The van der Waals surface area contributed by atoms with Crippen molar-refractivity contribution >= 4 is 16.0 Å². The summed E-state index contributed by atoms with van der Waals surface area (Å²) in [5, 5.41) is 6.45. The molecule has 6 nitrogen and oxygen atoms in total. The van der Waals surface area contributed by atoms with Crippen molar-refractivity contribution in [2.75, 3.05) is 13.6 Å². The van der Waals surface area contributed by atoms with E-state index < -0.39 is 15.6 Å². The van der Waals surface area contributed by atoms with Crippen LogP contribution in [0, 0.1) is 5.82 Å². The van der Waals surface area contributed by atoms with Crippen LogP contribution >= 0.6 is 0 Å². The maximum absolute atomic E-state index is 14.2. The molecular weight excluding hydrogens is 415 g/mol. The van der Waals surface area contributed by atoms with Crippen LogP contribution in [0.15, 0.2) is 58.4 Å². The average molecular weight is 447 g/mol. The van der Waals surface area contributed by atoms with Crippen molar-refractivity contribution in [3.8, 4) is 0 Å². The summed E-state index contributed by atoms with van der Waals surface area (Å²) in [6, 6.07) is 13.8. The van der Waals surface area contributed by atoms with Gasteiger partial charge in [-0.15, -0.1) is 0 Å². The maximum atomic E-state index is 14.2. The van der Waals surface area contributed by atoms with Crippen molar-refractivity contribution in [2.24, 2.45) is 4.99 Å². The van der Waals surface area contributed by atoms with Crippen LogP contribution in [0.25, 0.3) is 0 Å². The first kappa shape index (κ1) is 23.2. The summed E-state index contributed by atoms with van der Waals surface area (Å²) >= 11 is 0. The van der Waals surface area contributed by atoms with Gasteiger partial charge in [-0.2, -0.15) is 0 Å². The molecular formula is C23H31FN4O2S. The topological polar surface area (TPSA) is 82.6 Å². The summed E-state index contributed by atoms with van der Waals surface area (Å²) in [7, 11) is -2.01. The number of halogens is 1. The molecule has 2 aromatic rings. The van der Waals surface area contributed by atoms with Gasteiger partial charge >= 0.3 is 0 Å². The Balaban J connectivity index is 1.67. The maximum Gasteiger partial charge on any atom is 0.241 e. The van der Waals surface area contributed by atoms with E-state index in [2.05, 4.69) is 20.3 Å². The summed E-state index contributed by atoms with van der Waals surface area (Å²) in [5.41, 5.74) is 0.559. The summed E-state index contributed by atoms with van der Waals surface area (Å²) in [5.74, 6) is 0.355. The molecule has 0 atom stereocenters. The van der Waals surface area contributed by atoms with Gasteiger partial charge in [0.05, 0.1) is 4.90 Å². The van der Waals surface area contributed by atoms with E-state index in [1.165, 1.54) is 6.07 Å². The Morgan fingerprint density at radius 1 is 1.06 bits per heavy atom. The van der Waals surface area contributed by atoms with Gasteiger partial charge < -0.3 is 10.6 Å². The number of rotatable bonds is 7. The van der Waals surface area contributed by atoms with Gasteiger partial charge in [-0.05, 0) is 56.9 Å². The third-order valence-corrected chi connectivity index (χ3v) is 7.12. The Labute approximate surface area is 184 Å². The van der Waals surface area contributed by atoms with Crippen LogP contribution in [0.2, 0.25) is 0 Å². The minimum Gasteiger partial charge on any atom is -0.356 e. The van der Waals surface area contributed by atoms with Crippen molar-refractivity contribution in [3.05, 3.63) is 65.5 Å². The molecule has 1 saturated carbocycles. The van der Waals surface area contributed by atoms with E-state index in [9.17, 15) is 12.8 Å². The predicted octanol–water partition coefficient (Wildman–Crippen LogP) is 3.30. The van der Waals surface area contributed by atoms with Crippen LogP contribution in [0.4, 0.5) is 4.39 Å². The number of aliphatic imine (C=N–C) groups is 1. The fraction of sp³-hybridized carbons (Fsp3) is 0.435. The molecule has 0 bridgehead atoms. The molecule has 0 radical (unpaired) electrons. The molecule has 0 heterocycles. The summed E-state index contributed by atoms with van der Waals surface area (Å²) < 4.78 is 42.6. The molecule has 0 unspecified atom stereocenters. The highest BCUT2D eigenvalue weighted by molar-refractivity contribution is 7.89. The second-order valence-electron chi connectivity index (χ2n) is 9.00. The van der Waals surface area contributed by atoms with Gasteiger partial charge in [0.1, 0.15) is 5.82 Å². The van der Waals surface area contributed by atoms with E-state index in [4.69, 9.17) is 0 Å². The third-order valence-electron chi connectivity index (χ3n) is 5.27. The van der Waals surface area contributed by atoms with Crippen molar-refractivity contribution < 1.29 is 12.8 Å². The zero-order chi connectivity index (χ0) is 22.7. The highest BCUT2D eigenvalue weighted by Gasteiger charge is 2.45. The number of hydrogen-bond donors (Lipinski definition) is 3. The first-order chi connectivity index (χ1) is 14.6. The molecule has 0 aromatic heterocycles. The van der Waals surface area contributed by atoms with Gasteiger partial charge in [0, 0.05) is 31.1 Å². The lowest BCUT2D eigenvalue weighted by Gasteiger charge is -2.22. The summed E-state index contributed by atoms with van der Waals surface area (Å²) in [6.07, 6.45) is 1.83. The van der Waals surface area contributed by atoms with Crippen LogP contribution in [-0.4, -0.2) is 33.5 Å². The average Bonchev–Trinajstić information content (AvgIpc) is 3.48. The van der Waals surface area contributed by atoms with E-state index in [1.54, 1.807) is 58.2 Å². The summed E-state index contributed by atoms with van der Waals surface area (Å²) in [4.78, 5) is 4.47. The zero-order valence-electron chi connectivity index (χ0n) is 18.5. The highest BCUT2D eigenvalue weighted by Crippen LogP contribution is 2.48. The lowest BCUT2D eigenvalue weighted by atomic mass is 9.95. The van der Waals surface area contributed by atoms with Gasteiger partial charge in [0.15, 0.2) is 5.96 Å². The van der Waals surface area contributed by atoms with Gasteiger partial charge in [0.2, 0.25) is 10.0 Å². The van der Waals surface area contributed by atoms with Crippen molar-refractivity contribution in [1.82, 2.24) is 15.4 Å². The number of nitrogens with one attached hydrogen (secondary N) is 3. The van der Waals surface area contributed by atoms with Gasteiger partial charge in [-0.1, -0.05) is 36.4 Å². The second kappa shape index (κ2) is 8.96. The quantitative estimate of drug-likeness (QED) is 0.450. The predicted molar refractivity (Wildman–Crippen MR) is 122 cm³/mol. The fourth-order valence-electron chi connectivity index (χ4n) is 3.61. The molecule has 8 heteroatoms. The molecule has 1 aliphatic carbocycles. The van der Waals surface area contributed by atoms with E-state index in [1.807, 2.05) is 12.1 Å². The molecule has 0 saturated heterocycles. The van der Waals surface area contributed by atoms with E-state index >= 15 is 0 Å². The lowest BCUT2D eigenvalue weighted by Crippen LogP contribution is -2.42. The number of hydrogen-bond acceptors (Lipinski definition) is 3. The van der Waals surface area contributed by atoms with E-state index in [-0.39, 0.29) is 22.7 Å². The highest BCUT2D eigenvalue weighted by atomic mass is 32.2. The monoisotopic (exact) mass is 446 g/mol. The molecule has 1 fully saturated rings. The summed E-state index contributed by atoms with van der Waals surface area (Å²) in [6.45, 7) is 6.26. The van der Waals surface area contributed by atoms with Gasteiger partial charge in [-0.25, -0.2) is 17.5 Å². The largest absolute Gasteiger partial charge is 0.356 e. The lowest BCUT2D eigenvalue weighted by molar-refractivity contribution is 0.491. The molecule has 3 N–H and O–H groups in total. The number of nitrogens with zero attached hydrogens (tertiary/aromatic N) is 1. The standard InChI is InChI=1S/C23H31FN4O2S/c1-22(2,3)28-31(29,30)20-12-8-5-9-17(20)15-26-21(25-4)27-16-23(13-14-23)18-10-6-7-11-19(18)24/h5-12,28H,13-16H2,1-4H3,(H2,25,26,27). The van der Waals surface area contributed by atoms with Crippen LogP contribution in [0.1, 0.15) is 44.7 Å². The smallest absolute Gasteiger partial charge is 0.241 e. The first-order valence-corrected chi connectivity index (χ1v) is 11.9.